The van der Waals surface area contributed by atoms with Crippen LogP contribution >= 0.6 is 0 Å². The summed E-state index contributed by atoms with van der Waals surface area (Å²) in [6.07, 6.45) is 8.89. The molecular weight excluding hydrogens is 304 g/mol. The van der Waals surface area contributed by atoms with Crippen LogP contribution in [0.15, 0.2) is 12.4 Å². The largest absolute Gasteiger partial charge is 0.364 e. The van der Waals surface area contributed by atoms with E-state index in [0.29, 0.717) is 6.04 Å². The molecular formula is C17H22N6O. The van der Waals surface area contributed by atoms with Gasteiger partial charge in [0.2, 0.25) is 0 Å². The van der Waals surface area contributed by atoms with Crippen molar-refractivity contribution in [3.8, 4) is 0 Å². The van der Waals surface area contributed by atoms with Crippen LogP contribution in [0.4, 0.5) is 5.82 Å². The predicted octanol–water partition coefficient (Wildman–Crippen LogP) is 1.41. The summed E-state index contributed by atoms with van der Waals surface area (Å²) in [5, 5.41) is 0. The molecule has 0 saturated carbocycles. The van der Waals surface area contributed by atoms with Crippen molar-refractivity contribution in [2.45, 2.75) is 45.1 Å². The maximum absolute atomic E-state index is 11.3. The molecule has 0 aromatic carbocycles. The van der Waals surface area contributed by atoms with Gasteiger partial charge in [-0.25, -0.2) is 9.97 Å². The van der Waals surface area contributed by atoms with E-state index in [4.69, 9.17) is 10.7 Å². The molecule has 7 nitrogen and oxygen atoms in total. The number of fused-ring (bicyclic) bond motifs is 1. The third kappa shape index (κ3) is 2.53. The number of hydrogen-bond acceptors (Lipinski definition) is 5. The summed E-state index contributed by atoms with van der Waals surface area (Å²) in [5.41, 5.74) is 8.23. The van der Waals surface area contributed by atoms with Gasteiger partial charge in [-0.3, -0.25) is 9.78 Å². The standard InChI is InChI=1S/C17H22N6O/c1-11-20-13-4-2-3-5-15(13)23(11)12-6-7-22(10-12)16-9-19-8-14(21-16)17(18)24/h8-9,12H,2-7,10H2,1H3,(H2,18,24). The minimum absolute atomic E-state index is 0.215. The highest BCUT2D eigenvalue weighted by Gasteiger charge is 2.30. The van der Waals surface area contributed by atoms with Crippen LogP contribution in [0.2, 0.25) is 0 Å². The van der Waals surface area contributed by atoms with Crippen molar-refractivity contribution in [3.63, 3.8) is 0 Å². The molecule has 1 amide bonds. The first-order valence-electron chi connectivity index (χ1n) is 8.57. The summed E-state index contributed by atoms with van der Waals surface area (Å²) in [5.74, 6) is 1.30. The van der Waals surface area contributed by atoms with Crippen molar-refractivity contribution < 1.29 is 4.79 Å². The van der Waals surface area contributed by atoms with Crippen molar-refractivity contribution in [1.82, 2.24) is 19.5 Å². The number of amides is 1. The fraction of sp³-hybridized carbons (Fsp3) is 0.529. The normalized spacial score (nSPS) is 20.2. The van der Waals surface area contributed by atoms with Crippen LogP contribution in [0.3, 0.4) is 0 Å². The molecule has 2 aromatic heterocycles. The molecule has 1 aliphatic heterocycles. The van der Waals surface area contributed by atoms with E-state index in [0.717, 1.165) is 44.0 Å². The van der Waals surface area contributed by atoms with Gasteiger partial charge in [0.25, 0.3) is 5.91 Å². The Morgan fingerprint density at radius 2 is 2.08 bits per heavy atom. The van der Waals surface area contributed by atoms with Gasteiger partial charge in [-0.2, -0.15) is 0 Å². The van der Waals surface area contributed by atoms with Gasteiger partial charge in [-0.1, -0.05) is 0 Å². The molecule has 2 aromatic rings. The number of aryl methyl sites for hydroxylation is 2. The van der Waals surface area contributed by atoms with Crippen LogP contribution in [-0.4, -0.2) is 38.5 Å². The van der Waals surface area contributed by atoms with E-state index in [-0.39, 0.29) is 5.69 Å². The molecule has 2 aliphatic rings. The first kappa shape index (κ1) is 15.1. The van der Waals surface area contributed by atoms with Gasteiger partial charge in [-0.15, -0.1) is 0 Å². The Balaban J connectivity index is 1.58. The van der Waals surface area contributed by atoms with Crippen molar-refractivity contribution in [2.24, 2.45) is 5.73 Å². The smallest absolute Gasteiger partial charge is 0.268 e. The van der Waals surface area contributed by atoms with Crippen LogP contribution in [0.25, 0.3) is 0 Å². The summed E-state index contributed by atoms with van der Waals surface area (Å²) in [6.45, 7) is 3.86. The lowest BCUT2D eigenvalue weighted by Crippen LogP contribution is -2.24. The molecule has 1 unspecified atom stereocenters. The monoisotopic (exact) mass is 326 g/mol. The minimum atomic E-state index is -0.542. The van der Waals surface area contributed by atoms with Gasteiger partial charge in [0.15, 0.2) is 0 Å². The average Bonchev–Trinajstić information content (AvgIpc) is 3.18. The third-order valence-corrected chi connectivity index (χ3v) is 5.07. The predicted molar refractivity (Wildman–Crippen MR) is 90.0 cm³/mol. The number of nitrogens with two attached hydrogens (primary N) is 1. The number of anilines is 1. The fourth-order valence-corrected chi connectivity index (χ4v) is 3.97. The zero-order chi connectivity index (χ0) is 16.7. The van der Waals surface area contributed by atoms with Gasteiger partial charge in [0.05, 0.1) is 24.1 Å². The lowest BCUT2D eigenvalue weighted by Gasteiger charge is -2.21. The summed E-state index contributed by atoms with van der Waals surface area (Å²) in [7, 11) is 0. The van der Waals surface area contributed by atoms with Crippen LogP contribution in [0.1, 0.15) is 53.0 Å². The molecule has 24 heavy (non-hydrogen) atoms. The van der Waals surface area contributed by atoms with E-state index in [1.165, 1.54) is 30.4 Å². The van der Waals surface area contributed by atoms with E-state index in [2.05, 4.69) is 26.4 Å². The molecule has 3 heterocycles. The number of primary amides is 1. The molecule has 4 rings (SSSR count). The van der Waals surface area contributed by atoms with E-state index in [1.807, 2.05) is 0 Å². The van der Waals surface area contributed by atoms with Crippen molar-refractivity contribution in [1.29, 1.82) is 0 Å². The van der Waals surface area contributed by atoms with Crippen LogP contribution in [0, 0.1) is 6.92 Å². The van der Waals surface area contributed by atoms with Crippen molar-refractivity contribution >= 4 is 11.7 Å². The molecule has 0 radical (unpaired) electrons. The van der Waals surface area contributed by atoms with Crippen LogP contribution in [-0.2, 0) is 12.8 Å². The number of hydrogen-bond donors (Lipinski definition) is 1. The summed E-state index contributed by atoms with van der Waals surface area (Å²) in [4.78, 5) is 26.7. The highest BCUT2D eigenvalue weighted by molar-refractivity contribution is 5.90. The number of rotatable bonds is 3. The Morgan fingerprint density at radius 1 is 1.25 bits per heavy atom. The Morgan fingerprint density at radius 3 is 2.92 bits per heavy atom. The van der Waals surface area contributed by atoms with Gasteiger partial charge in [0.1, 0.15) is 17.3 Å². The number of nitrogens with zero attached hydrogens (tertiary/aromatic N) is 5. The quantitative estimate of drug-likeness (QED) is 0.921. The van der Waals surface area contributed by atoms with E-state index >= 15 is 0 Å². The fourth-order valence-electron chi connectivity index (χ4n) is 3.97. The van der Waals surface area contributed by atoms with Crippen LogP contribution < -0.4 is 10.6 Å². The number of aromatic nitrogens is 4. The maximum atomic E-state index is 11.3. The highest BCUT2D eigenvalue weighted by atomic mass is 16.1. The molecule has 2 N–H and O–H groups in total. The van der Waals surface area contributed by atoms with Gasteiger partial charge >= 0.3 is 0 Å². The minimum Gasteiger partial charge on any atom is -0.364 e. The molecule has 1 saturated heterocycles. The molecule has 1 atom stereocenters. The summed E-state index contributed by atoms with van der Waals surface area (Å²) in [6, 6.07) is 0.401. The maximum Gasteiger partial charge on any atom is 0.268 e. The zero-order valence-corrected chi connectivity index (χ0v) is 13.9. The second kappa shape index (κ2) is 5.89. The summed E-state index contributed by atoms with van der Waals surface area (Å²) >= 11 is 0. The van der Waals surface area contributed by atoms with Gasteiger partial charge in [0, 0.05) is 18.8 Å². The zero-order valence-electron chi connectivity index (χ0n) is 13.9. The average molecular weight is 326 g/mol. The molecule has 0 bridgehead atoms. The molecule has 1 fully saturated rings. The van der Waals surface area contributed by atoms with E-state index < -0.39 is 5.91 Å². The first-order chi connectivity index (χ1) is 11.6. The second-order valence-electron chi connectivity index (χ2n) is 6.64. The van der Waals surface area contributed by atoms with Crippen molar-refractivity contribution in [3.05, 3.63) is 35.3 Å². The molecule has 7 heteroatoms. The molecule has 0 spiro atoms. The highest BCUT2D eigenvalue weighted by Crippen LogP contribution is 2.31. The Kier molecular flexibility index (Phi) is 3.70. The van der Waals surface area contributed by atoms with Crippen LogP contribution in [0.5, 0.6) is 0 Å². The number of carbonyl (C=O) groups excluding carboxylic acids is 1. The van der Waals surface area contributed by atoms with Crippen molar-refractivity contribution in [2.75, 3.05) is 18.0 Å². The summed E-state index contributed by atoms with van der Waals surface area (Å²) < 4.78 is 2.43. The second-order valence-corrected chi connectivity index (χ2v) is 6.64. The lowest BCUT2D eigenvalue weighted by molar-refractivity contribution is 0.0995. The van der Waals surface area contributed by atoms with Gasteiger partial charge in [-0.05, 0) is 39.0 Å². The van der Waals surface area contributed by atoms with E-state index in [1.54, 1.807) is 6.20 Å². The lowest BCUT2D eigenvalue weighted by atomic mass is 10.0. The number of imidazole rings is 1. The van der Waals surface area contributed by atoms with E-state index in [9.17, 15) is 4.79 Å². The number of carbonyl (C=O) groups is 1. The van der Waals surface area contributed by atoms with Gasteiger partial charge < -0.3 is 15.2 Å². The SMILES string of the molecule is Cc1nc2c(n1C1CCN(c3cncc(C(N)=O)n3)C1)CCCC2. The third-order valence-electron chi connectivity index (χ3n) is 5.07. The topological polar surface area (TPSA) is 89.9 Å². The molecule has 1 aliphatic carbocycles. The first-order valence-corrected chi connectivity index (χ1v) is 8.57. The Hall–Kier alpha value is -2.44. The Labute approximate surface area is 140 Å². The molecule has 126 valence electrons. The Bertz CT molecular complexity index is 783.